The lowest BCUT2D eigenvalue weighted by atomic mass is 10.2. The number of ether oxygens (including phenoxy) is 1. The van der Waals surface area contributed by atoms with Crippen molar-refractivity contribution in [2.45, 2.75) is 12.5 Å². The van der Waals surface area contributed by atoms with Crippen molar-refractivity contribution in [3.05, 3.63) is 48.5 Å². The first kappa shape index (κ1) is 11.7. The summed E-state index contributed by atoms with van der Waals surface area (Å²) in [5, 5.41) is 0. The minimum Gasteiger partial charge on any atom is -0.494 e. The van der Waals surface area contributed by atoms with Crippen molar-refractivity contribution in [1.29, 1.82) is 0 Å². The molecule has 4 nitrogen and oxygen atoms in total. The van der Waals surface area contributed by atoms with E-state index in [4.69, 9.17) is 10.5 Å². The molecule has 0 saturated carbocycles. The van der Waals surface area contributed by atoms with Gasteiger partial charge in [0.1, 0.15) is 11.6 Å². The summed E-state index contributed by atoms with van der Waals surface area (Å²) in [7, 11) is 1.94. The number of imidazole rings is 1. The Morgan fingerprint density at radius 3 is 2.76 bits per heavy atom. The predicted molar refractivity (Wildman–Crippen MR) is 66.7 cm³/mol. The first-order valence-corrected chi connectivity index (χ1v) is 5.68. The van der Waals surface area contributed by atoms with Gasteiger partial charge in [-0.25, -0.2) is 4.98 Å². The zero-order valence-corrected chi connectivity index (χ0v) is 9.91. The molecule has 2 rings (SSSR count). The summed E-state index contributed by atoms with van der Waals surface area (Å²) >= 11 is 0. The van der Waals surface area contributed by atoms with E-state index >= 15 is 0 Å². The molecule has 1 aromatic heterocycles. The van der Waals surface area contributed by atoms with Crippen LogP contribution < -0.4 is 10.5 Å². The molecule has 0 saturated heterocycles. The van der Waals surface area contributed by atoms with E-state index < -0.39 is 0 Å². The molecule has 17 heavy (non-hydrogen) atoms. The lowest BCUT2D eigenvalue weighted by Gasteiger charge is -2.12. The van der Waals surface area contributed by atoms with Gasteiger partial charge in [-0.2, -0.15) is 0 Å². The van der Waals surface area contributed by atoms with Crippen molar-refractivity contribution in [2.24, 2.45) is 12.8 Å². The lowest BCUT2D eigenvalue weighted by Crippen LogP contribution is -2.18. The molecule has 0 radical (unpaired) electrons. The predicted octanol–water partition coefficient (Wildman–Crippen LogP) is 1.89. The molecular weight excluding hydrogens is 214 g/mol. The highest BCUT2D eigenvalue weighted by atomic mass is 16.5. The molecule has 0 amide bonds. The average Bonchev–Trinajstić information content (AvgIpc) is 2.77. The fourth-order valence-electron chi connectivity index (χ4n) is 1.68. The minimum atomic E-state index is -0.0845. The number of aryl methyl sites for hydroxylation is 1. The summed E-state index contributed by atoms with van der Waals surface area (Å²) in [6.45, 7) is 0.595. The van der Waals surface area contributed by atoms with E-state index in [2.05, 4.69) is 4.98 Å². The van der Waals surface area contributed by atoms with E-state index in [9.17, 15) is 0 Å². The number of benzene rings is 1. The van der Waals surface area contributed by atoms with E-state index in [1.54, 1.807) is 6.20 Å². The van der Waals surface area contributed by atoms with Gasteiger partial charge >= 0.3 is 0 Å². The van der Waals surface area contributed by atoms with Crippen LogP contribution >= 0.6 is 0 Å². The highest BCUT2D eigenvalue weighted by Gasteiger charge is 2.10. The van der Waals surface area contributed by atoms with E-state index in [1.807, 2.05) is 48.1 Å². The molecule has 4 heteroatoms. The van der Waals surface area contributed by atoms with Crippen LogP contribution in [0.1, 0.15) is 18.3 Å². The van der Waals surface area contributed by atoms with Gasteiger partial charge in [0.25, 0.3) is 0 Å². The normalized spacial score (nSPS) is 12.4. The monoisotopic (exact) mass is 231 g/mol. The Kier molecular flexibility index (Phi) is 3.77. The fourth-order valence-corrected chi connectivity index (χ4v) is 1.68. The van der Waals surface area contributed by atoms with E-state index in [-0.39, 0.29) is 6.04 Å². The van der Waals surface area contributed by atoms with Crippen LogP contribution in [0.2, 0.25) is 0 Å². The number of rotatable bonds is 5. The molecule has 1 atom stereocenters. The van der Waals surface area contributed by atoms with Crippen molar-refractivity contribution in [2.75, 3.05) is 6.61 Å². The third-order valence-corrected chi connectivity index (χ3v) is 2.63. The van der Waals surface area contributed by atoms with Crippen LogP contribution in [0.5, 0.6) is 5.75 Å². The molecule has 1 unspecified atom stereocenters. The smallest absolute Gasteiger partial charge is 0.125 e. The number of hydrogen-bond donors (Lipinski definition) is 1. The van der Waals surface area contributed by atoms with E-state index in [1.165, 1.54) is 0 Å². The Morgan fingerprint density at radius 1 is 1.35 bits per heavy atom. The fraction of sp³-hybridized carbons (Fsp3) is 0.308. The Labute approximate surface area is 101 Å². The van der Waals surface area contributed by atoms with Crippen LogP contribution in [0.3, 0.4) is 0 Å². The van der Waals surface area contributed by atoms with Crippen LogP contribution in [-0.2, 0) is 7.05 Å². The zero-order chi connectivity index (χ0) is 12.1. The van der Waals surface area contributed by atoms with Gasteiger partial charge in [0.15, 0.2) is 0 Å². The minimum absolute atomic E-state index is 0.0845. The summed E-state index contributed by atoms with van der Waals surface area (Å²) in [4.78, 5) is 4.22. The van der Waals surface area contributed by atoms with Crippen LogP contribution in [-0.4, -0.2) is 16.2 Å². The van der Waals surface area contributed by atoms with Gasteiger partial charge in [-0.3, -0.25) is 0 Å². The second-order valence-electron chi connectivity index (χ2n) is 3.95. The van der Waals surface area contributed by atoms with Gasteiger partial charge in [0.05, 0.1) is 12.6 Å². The summed E-state index contributed by atoms with van der Waals surface area (Å²) in [6.07, 6.45) is 4.40. The molecule has 1 aromatic carbocycles. The van der Waals surface area contributed by atoms with Gasteiger partial charge in [0, 0.05) is 25.9 Å². The Hall–Kier alpha value is -1.81. The van der Waals surface area contributed by atoms with Gasteiger partial charge in [-0.15, -0.1) is 0 Å². The second-order valence-corrected chi connectivity index (χ2v) is 3.95. The van der Waals surface area contributed by atoms with E-state index in [0.717, 1.165) is 18.0 Å². The molecular formula is C13H17N3O. The van der Waals surface area contributed by atoms with Crippen LogP contribution in [0, 0.1) is 0 Å². The van der Waals surface area contributed by atoms with E-state index in [0.29, 0.717) is 6.61 Å². The molecule has 0 spiro atoms. The summed E-state index contributed by atoms with van der Waals surface area (Å²) in [5.41, 5.74) is 6.04. The van der Waals surface area contributed by atoms with Gasteiger partial charge in [-0.05, 0) is 12.1 Å². The Balaban J connectivity index is 1.81. The van der Waals surface area contributed by atoms with Crippen molar-refractivity contribution in [3.8, 4) is 5.75 Å². The number of aromatic nitrogens is 2. The SMILES string of the molecule is Cn1ccnc1C(N)CCOc1ccccc1. The van der Waals surface area contributed by atoms with Crippen LogP contribution in [0.25, 0.3) is 0 Å². The average molecular weight is 231 g/mol. The number of para-hydroxylation sites is 1. The highest BCUT2D eigenvalue weighted by molar-refractivity contribution is 5.20. The quantitative estimate of drug-likeness (QED) is 0.855. The van der Waals surface area contributed by atoms with Crippen LogP contribution in [0.15, 0.2) is 42.7 Å². The summed E-state index contributed by atoms with van der Waals surface area (Å²) in [5.74, 6) is 1.77. The topological polar surface area (TPSA) is 53.1 Å². The van der Waals surface area contributed by atoms with Crippen molar-refractivity contribution >= 4 is 0 Å². The standard InChI is InChI=1S/C13H17N3O/c1-16-9-8-15-13(16)12(14)7-10-17-11-5-3-2-4-6-11/h2-6,8-9,12H,7,10,14H2,1H3. The maximum absolute atomic E-state index is 6.04. The molecule has 0 aliphatic carbocycles. The second kappa shape index (κ2) is 5.50. The molecule has 0 aliphatic heterocycles. The highest BCUT2D eigenvalue weighted by Crippen LogP contribution is 2.13. The number of hydrogen-bond acceptors (Lipinski definition) is 3. The summed E-state index contributed by atoms with van der Waals surface area (Å²) < 4.78 is 7.54. The van der Waals surface area contributed by atoms with Crippen molar-refractivity contribution < 1.29 is 4.74 Å². The maximum atomic E-state index is 6.04. The first-order chi connectivity index (χ1) is 8.27. The molecule has 0 aliphatic rings. The maximum Gasteiger partial charge on any atom is 0.125 e. The molecule has 90 valence electrons. The molecule has 0 bridgehead atoms. The Bertz CT molecular complexity index is 453. The lowest BCUT2D eigenvalue weighted by molar-refractivity contribution is 0.295. The molecule has 0 fully saturated rings. The van der Waals surface area contributed by atoms with Gasteiger partial charge < -0.3 is 15.0 Å². The largest absolute Gasteiger partial charge is 0.494 e. The molecule has 2 aromatic rings. The third-order valence-electron chi connectivity index (χ3n) is 2.63. The molecule has 1 heterocycles. The third kappa shape index (κ3) is 3.07. The van der Waals surface area contributed by atoms with Crippen molar-refractivity contribution in [1.82, 2.24) is 9.55 Å². The zero-order valence-electron chi connectivity index (χ0n) is 9.91. The van der Waals surface area contributed by atoms with Gasteiger partial charge in [0.2, 0.25) is 0 Å². The van der Waals surface area contributed by atoms with Gasteiger partial charge in [-0.1, -0.05) is 18.2 Å². The summed E-state index contributed by atoms with van der Waals surface area (Å²) in [6, 6.07) is 9.66. The van der Waals surface area contributed by atoms with Crippen molar-refractivity contribution in [3.63, 3.8) is 0 Å². The number of nitrogens with zero attached hydrogens (tertiary/aromatic N) is 2. The first-order valence-electron chi connectivity index (χ1n) is 5.68. The Morgan fingerprint density at radius 2 is 2.12 bits per heavy atom. The van der Waals surface area contributed by atoms with Crippen LogP contribution in [0.4, 0.5) is 0 Å². The molecule has 2 N–H and O–H groups in total. The number of nitrogens with two attached hydrogens (primary N) is 1.